The maximum atomic E-state index is 13.6. The summed E-state index contributed by atoms with van der Waals surface area (Å²) in [6.45, 7) is 2.60. The highest BCUT2D eigenvalue weighted by Crippen LogP contribution is 2.19. The minimum absolute atomic E-state index is 0.107. The normalized spacial score (nSPS) is 10.2. The van der Waals surface area contributed by atoms with Crippen LogP contribution in [0.2, 0.25) is 0 Å². The predicted molar refractivity (Wildman–Crippen MR) is 67.9 cm³/mol. The average molecular weight is 254 g/mol. The Morgan fingerprint density at radius 2 is 2.22 bits per heavy atom. The van der Waals surface area contributed by atoms with Crippen LogP contribution in [0, 0.1) is 12.7 Å². The first kappa shape index (κ1) is 14.4. The van der Waals surface area contributed by atoms with Crippen LogP contribution in [0.25, 0.3) is 0 Å². The highest BCUT2D eigenvalue weighted by atomic mass is 19.1. The van der Waals surface area contributed by atoms with Crippen molar-refractivity contribution in [1.29, 1.82) is 0 Å². The number of likely N-dealkylation sites (N-methyl/N-ethyl adjacent to an activating group) is 1. The van der Waals surface area contributed by atoms with E-state index in [-0.39, 0.29) is 18.3 Å². The Bertz CT molecular complexity index is 410. The van der Waals surface area contributed by atoms with Gasteiger partial charge >= 0.3 is 0 Å². The van der Waals surface area contributed by atoms with Crippen LogP contribution in [0.3, 0.4) is 0 Å². The Kier molecular flexibility index (Phi) is 5.58. The van der Waals surface area contributed by atoms with Crippen molar-refractivity contribution < 1.29 is 13.9 Å². The van der Waals surface area contributed by atoms with Gasteiger partial charge in [0, 0.05) is 13.6 Å². The van der Waals surface area contributed by atoms with E-state index in [1.54, 1.807) is 26.1 Å². The number of nitrogens with zero attached hydrogens (tertiary/aromatic N) is 1. The first-order valence-electron chi connectivity index (χ1n) is 5.88. The lowest BCUT2D eigenvalue weighted by Crippen LogP contribution is -2.33. The summed E-state index contributed by atoms with van der Waals surface area (Å²) in [5.74, 6) is -0.505. The molecule has 0 fully saturated rings. The number of nitrogens with two attached hydrogens (primary N) is 1. The second-order valence-corrected chi connectivity index (χ2v) is 4.13. The first-order valence-corrected chi connectivity index (χ1v) is 5.88. The van der Waals surface area contributed by atoms with Gasteiger partial charge in [-0.25, -0.2) is 4.39 Å². The van der Waals surface area contributed by atoms with Gasteiger partial charge in [0.05, 0.1) is 0 Å². The number of carbonyl (C=O) groups is 1. The van der Waals surface area contributed by atoms with E-state index < -0.39 is 5.82 Å². The number of ether oxygens (including phenoxy) is 1. The molecule has 0 aliphatic carbocycles. The maximum Gasteiger partial charge on any atom is 0.260 e. The van der Waals surface area contributed by atoms with Crippen molar-refractivity contribution in [1.82, 2.24) is 4.90 Å². The topological polar surface area (TPSA) is 55.6 Å². The van der Waals surface area contributed by atoms with Gasteiger partial charge in [0.2, 0.25) is 0 Å². The van der Waals surface area contributed by atoms with Gasteiger partial charge in [0.15, 0.2) is 18.2 Å². The zero-order valence-electron chi connectivity index (χ0n) is 10.8. The summed E-state index contributed by atoms with van der Waals surface area (Å²) >= 11 is 0. The zero-order valence-corrected chi connectivity index (χ0v) is 10.8. The number of aryl methyl sites for hydroxylation is 1. The number of amides is 1. The lowest BCUT2D eigenvalue weighted by Gasteiger charge is -2.17. The second-order valence-electron chi connectivity index (χ2n) is 4.13. The molecule has 1 aromatic rings. The minimum Gasteiger partial charge on any atom is -0.481 e. The SMILES string of the molecule is Cc1cccc(OCC(=O)N(C)CCCN)c1F. The minimum atomic E-state index is -0.421. The molecule has 0 saturated heterocycles. The van der Waals surface area contributed by atoms with Crippen LogP contribution in [0.5, 0.6) is 5.75 Å². The van der Waals surface area contributed by atoms with E-state index in [1.807, 2.05) is 0 Å². The van der Waals surface area contributed by atoms with Crippen LogP contribution in [0.4, 0.5) is 4.39 Å². The van der Waals surface area contributed by atoms with Gasteiger partial charge in [0.1, 0.15) is 0 Å². The summed E-state index contributed by atoms with van der Waals surface area (Å²) < 4.78 is 18.8. The molecule has 0 aromatic heterocycles. The van der Waals surface area contributed by atoms with E-state index in [0.717, 1.165) is 6.42 Å². The van der Waals surface area contributed by atoms with E-state index in [2.05, 4.69) is 0 Å². The van der Waals surface area contributed by atoms with E-state index in [0.29, 0.717) is 18.7 Å². The highest BCUT2D eigenvalue weighted by Gasteiger charge is 2.11. The number of rotatable bonds is 6. The first-order chi connectivity index (χ1) is 8.56. The molecular weight excluding hydrogens is 235 g/mol. The van der Waals surface area contributed by atoms with Crippen molar-refractivity contribution >= 4 is 5.91 Å². The lowest BCUT2D eigenvalue weighted by atomic mass is 10.2. The van der Waals surface area contributed by atoms with Gasteiger partial charge in [-0.1, -0.05) is 12.1 Å². The molecule has 1 amide bonds. The molecule has 0 atom stereocenters. The third-order valence-corrected chi connectivity index (χ3v) is 2.63. The molecule has 1 aromatic carbocycles. The molecule has 100 valence electrons. The molecule has 5 heteroatoms. The van der Waals surface area contributed by atoms with E-state index in [9.17, 15) is 9.18 Å². The fourth-order valence-corrected chi connectivity index (χ4v) is 1.43. The average Bonchev–Trinajstić information content (AvgIpc) is 2.37. The summed E-state index contributed by atoms with van der Waals surface area (Å²) in [5, 5.41) is 0. The quantitative estimate of drug-likeness (QED) is 0.833. The van der Waals surface area contributed by atoms with Gasteiger partial charge in [-0.2, -0.15) is 0 Å². The van der Waals surface area contributed by atoms with Crippen molar-refractivity contribution in [3.63, 3.8) is 0 Å². The van der Waals surface area contributed by atoms with Gasteiger partial charge in [-0.15, -0.1) is 0 Å². The molecule has 4 nitrogen and oxygen atoms in total. The van der Waals surface area contributed by atoms with E-state index in [1.165, 1.54) is 11.0 Å². The molecule has 2 N–H and O–H groups in total. The van der Waals surface area contributed by atoms with Crippen molar-refractivity contribution in [2.45, 2.75) is 13.3 Å². The fraction of sp³-hybridized carbons (Fsp3) is 0.462. The number of carbonyl (C=O) groups excluding carboxylic acids is 1. The molecule has 0 bridgehead atoms. The third kappa shape index (κ3) is 4.00. The lowest BCUT2D eigenvalue weighted by molar-refractivity contribution is -0.132. The van der Waals surface area contributed by atoms with Crippen LogP contribution >= 0.6 is 0 Å². The van der Waals surface area contributed by atoms with Crippen molar-refractivity contribution in [3.05, 3.63) is 29.6 Å². The van der Waals surface area contributed by atoms with Crippen molar-refractivity contribution in [3.8, 4) is 5.75 Å². The number of benzene rings is 1. The van der Waals surface area contributed by atoms with E-state index in [4.69, 9.17) is 10.5 Å². The highest BCUT2D eigenvalue weighted by molar-refractivity contribution is 5.77. The van der Waals surface area contributed by atoms with Gasteiger partial charge in [0.25, 0.3) is 5.91 Å². The summed E-state index contributed by atoms with van der Waals surface area (Å²) in [5.41, 5.74) is 5.86. The monoisotopic (exact) mass is 254 g/mol. The molecular formula is C13H19FN2O2. The van der Waals surface area contributed by atoms with Gasteiger partial charge < -0.3 is 15.4 Å². The molecule has 0 spiro atoms. The van der Waals surface area contributed by atoms with Crippen molar-refractivity contribution in [2.75, 3.05) is 26.7 Å². The number of halogens is 1. The summed E-state index contributed by atoms with van der Waals surface area (Å²) in [7, 11) is 1.67. The molecule has 0 aliphatic rings. The maximum absolute atomic E-state index is 13.6. The van der Waals surface area contributed by atoms with Crippen LogP contribution in [-0.2, 0) is 4.79 Å². The largest absolute Gasteiger partial charge is 0.481 e. The third-order valence-electron chi connectivity index (χ3n) is 2.63. The van der Waals surface area contributed by atoms with Crippen LogP contribution in [0.1, 0.15) is 12.0 Å². The molecule has 0 heterocycles. The summed E-state index contributed by atoms with van der Waals surface area (Å²) in [4.78, 5) is 13.2. The number of hydrogen-bond acceptors (Lipinski definition) is 3. The van der Waals surface area contributed by atoms with Gasteiger partial charge in [-0.3, -0.25) is 4.79 Å². The zero-order chi connectivity index (χ0) is 13.5. The van der Waals surface area contributed by atoms with Crippen molar-refractivity contribution in [2.24, 2.45) is 5.73 Å². The van der Waals surface area contributed by atoms with Crippen LogP contribution in [0.15, 0.2) is 18.2 Å². The predicted octanol–water partition coefficient (Wildman–Crippen LogP) is 1.32. The fourth-order valence-electron chi connectivity index (χ4n) is 1.43. The van der Waals surface area contributed by atoms with Crippen LogP contribution < -0.4 is 10.5 Å². The number of hydrogen-bond donors (Lipinski definition) is 1. The molecule has 0 unspecified atom stereocenters. The van der Waals surface area contributed by atoms with E-state index >= 15 is 0 Å². The standard InChI is InChI=1S/C13H19FN2O2/c1-10-5-3-6-11(13(10)14)18-9-12(17)16(2)8-4-7-15/h3,5-6H,4,7-9,15H2,1-2H3. The summed E-state index contributed by atoms with van der Waals surface area (Å²) in [6, 6.07) is 4.85. The van der Waals surface area contributed by atoms with Gasteiger partial charge in [-0.05, 0) is 31.5 Å². The molecule has 1 rings (SSSR count). The Labute approximate surface area is 107 Å². The summed E-state index contributed by atoms with van der Waals surface area (Å²) in [6.07, 6.45) is 0.737. The Hall–Kier alpha value is -1.62. The molecule has 0 aliphatic heterocycles. The smallest absolute Gasteiger partial charge is 0.260 e. The molecule has 0 saturated carbocycles. The van der Waals surface area contributed by atoms with Crippen LogP contribution in [-0.4, -0.2) is 37.6 Å². The Morgan fingerprint density at radius 1 is 1.50 bits per heavy atom. The Balaban J connectivity index is 2.49. The molecule has 18 heavy (non-hydrogen) atoms. The Morgan fingerprint density at radius 3 is 2.89 bits per heavy atom. The second kappa shape index (κ2) is 6.96. The molecule has 0 radical (unpaired) electrons.